The Morgan fingerprint density at radius 3 is 2.31 bits per heavy atom. The van der Waals surface area contributed by atoms with Crippen molar-refractivity contribution in [2.24, 2.45) is 9.50 Å². The Kier molecular flexibility index (Phi) is 9.42. The van der Waals surface area contributed by atoms with Crippen molar-refractivity contribution in [1.82, 2.24) is 4.90 Å². The molecule has 0 bridgehead atoms. The van der Waals surface area contributed by atoms with Crippen molar-refractivity contribution in [2.75, 3.05) is 14.1 Å². The van der Waals surface area contributed by atoms with Crippen LogP contribution in [0.3, 0.4) is 0 Å². The van der Waals surface area contributed by atoms with Crippen molar-refractivity contribution in [3.63, 3.8) is 0 Å². The SMILES string of the molecule is CCc1c(F)c(OC(F)F)cc(C(C)C)c1CC(=O)/N=S(/N)c1ccc(CN(C)C)cc1. The number of benzene rings is 2. The summed E-state index contributed by atoms with van der Waals surface area (Å²) in [4.78, 5) is 15.5. The topological polar surface area (TPSA) is 67.9 Å². The van der Waals surface area contributed by atoms with E-state index < -0.39 is 35.0 Å². The molecule has 0 aliphatic rings. The van der Waals surface area contributed by atoms with Gasteiger partial charge in [-0.05, 0) is 66.9 Å². The number of amides is 1. The molecule has 0 aliphatic carbocycles. The predicted molar refractivity (Wildman–Crippen MR) is 121 cm³/mol. The summed E-state index contributed by atoms with van der Waals surface area (Å²) in [6.45, 7) is 3.02. The van der Waals surface area contributed by atoms with Crippen LogP contribution in [-0.4, -0.2) is 31.5 Å². The Balaban J connectivity index is 2.34. The average Bonchev–Trinajstić information content (AvgIpc) is 2.69. The lowest BCUT2D eigenvalue weighted by atomic mass is 9.89. The highest BCUT2D eigenvalue weighted by molar-refractivity contribution is 7.85. The molecule has 0 heterocycles. The fourth-order valence-electron chi connectivity index (χ4n) is 3.47. The van der Waals surface area contributed by atoms with E-state index in [9.17, 15) is 18.0 Å². The summed E-state index contributed by atoms with van der Waals surface area (Å²) in [5, 5.41) is 6.13. The lowest BCUT2D eigenvalue weighted by Crippen LogP contribution is -2.14. The lowest BCUT2D eigenvalue weighted by Gasteiger charge is -2.19. The number of hydrogen-bond donors (Lipinski definition) is 1. The van der Waals surface area contributed by atoms with E-state index >= 15 is 0 Å². The minimum Gasteiger partial charge on any atom is -0.432 e. The number of halogens is 3. The fraction of sp³-hybridized carbons (Fsp3) is 0.435. The second kappa shape index (κ2) is 11.6. The molecule has 5 nitrogen and oxygen atoms in total. The largest absolute Gasteiger partial charge is 0.432 e. The Morgan fingerprint density at radius 2 is 1.81 bits per heavy atom. The van der Waals surface area contributed by atoms with Crippen LogP contribution in [0.25, 0.3) is 0 Å². The third-order valence-electron chi connectivity index (χ3n) is 4.86. The molecule has 0 radical (unpaired) electrons. The minimum atomic E-state index is -3.14. The Hall–Kier alpha value is -2.23. The van der Waals surface area contributed by atoms with Gasteiger partial charge in [0.25, 0.3) is 5.91 Å². The highest BCUT2D eigenvalue weighted by Gasteiger charge is 2.23. The molecule has 2 N–H and O–H groups in total. The number of alkyl halides is 2. The Labute approximate surface area is 190 Å². The van der Waals surface area contributed by atoms with Gasteiger partial charge in [0.05, 0.1) is 6.42 Å². The van der Waals surface area contributed by atoms with Crippen molar-refractivity contribution in [1.29, 1.82) is 0 Å². The van der Waals surface area contributed by atoms with Gasteiger partial charge in [0.15, 0.2) is 11.6 Å². The van der Waals surface area contributed by atoms with Crippen molar-refractivity contribution >= 4 is 16.8 Å². The minimum absolute atomic E-state index is 0.135. The first-order valence-corrected chi connectivity index (χ1v) is 11.5. The number of carbonyl (C=O) groups excluding carboxylic acids is 1. The van der Waals surface area contributed by atoms with E-state index in [0.717, 1.165) is 12.1 Å². The molecule has 2 aromatic carbocycles. The van der Waals surface area contributed by atoms with Gasteiger partial charge in [-0.15, -0.1) is 0 Å². The highest BCUT2D eigenvalue weighted by Crippen LogP contribution is 2.33. The molecule has 2 aromatic rings. The van der Waals surface area contributed by atoms with E-state index in [1.165, 1.54) is 6.07 Å². The number of carbonyl (C=O) groups is 1. The number of nitrogens with zero attached hydrogens (tertiary/aromatic N) is 2. The Bertz CT molecular complexity index is 977. The van der Waals surface area contributed by atoms with Crippen molar-refractivity contribution in [3.05, 3.63) is 58.4 Å². The van der Waals surface area contributed by atoms with Crippen molar-refractivity contribution in [3.8, 4) is 5.75 Å². The molecular weight excluding hydrogens is 439 g/mol. The van der Waals surface area contributed by atoms with Gasteiger partial charge in [-0.1, -0.05) is 32.9 Å². The van der Waals surface area contributed by atoms with E-state index in [1.807, 2.05) is 57.1 Å². The van der Waals surface area contributed by atoms with Gasteiger partial charge in [-0.3, -0.25) is 9.93 Å². The molecule has 32 heavy (non-hydrogen) atoms. The van der Waals surface area contributed by atoms with Crippen LogP contribution in [0.15, 0.2) is 39.6 Å². The summed E-state index contributed by atoms with van der Waals surface area (Å²) in [7, 11) is 2.79. The summed E-state index contributed by atoms with van der Waals surface area (Å²) in [6, 6.07) is 8.80. The van der Waals surface area contributed by atoms with Crippen molar-refractivity contribution in [2.45, 2.75) is 57.6 Å². The van der Waals surface area contributed by atoms with Gasteiger partial charge in [0.1, 0.15) is 0 Å². The number of hydrogen-bond acceptors (Lipinski definition) is 3. The van der Waals surface area contributed by atoms with Crippen LogP contribution < -0.4 is 9.88 Å². The van der Waals surface area contributed by atoms with Crippen molar-refractivity contribution < 1.29 is 22.7 Å². The lowest BCUT2D eigenvalue weighted by molar-refractivity contribution is -0.117. The van der Waals surface area contributed by atoms with Crippen LogP contribution in [0, 0.1) is 5.82 Å². The molecule has 0 aliphatic heterocycles. The van der Waals surface area contributed by atoms with Gasteiger partial charge in [0.2, 0.25) is 0 Å². The van der Waals surface area contributed by atoms with Crippen LogP contribution in [0.2, 0.25) is 0 Å². The van der Waals surface area contributed by atoms with E-state index in [4.69, 9.17) is 5.14 Å². The summed E-state index contributed by atoms with van der Waals surface area (Å²) < 4.78 is 48.7. The summed E-state index contributed by atoms with van der Waals surface area (Å²) in [5.41, 5.74) is 2.32. The highest BCUT2D eigenvalue weighted by atomic mass is 32.2. The van der Waals surface area contributed by atoms with E-state index in [1.54, 1.807) is 6.92 Å². The third-order valence-corrected chi connectivity index (χ3v) is 6.02. The van der Waals surface area contributed by atoms with Crippen LogP contribution in [0.5, 0.6) is 5.75 Å². The summed E-state index contributed by atoms with van der Waals surface area (Å²) in [5.74, 6) is -2.01. The zero-order chi connectivity index (χ0) is 24.0. The zero-order valence-corrected chi connectivity index (χ0v) is 19.8. The average molecular weight is 470 g/mol. The molecule has 1 amide bonds. The molecule has 176 valence electrons. The molecule has 0 spiro atoms. The molecule has 1 atom stereocenters. The van der Waals surface area contributed by atoms with Gasteiger partial charge in [0, 0.05) is 22.3 Å². The molecule has 0 saturated heterocycles. The third kappa shape index (κ3) is 6.88. The molecule has 0 saturated carbocycles. The molecule has 1 unspecified atom stereocenters. The van der Waals surface area contributed by atoms with E-state index in [2.05, 4.69) is 9.10 Å². The molecule has 2 rings (SSSR count). The molecule has 0 fully saturated rings. The normalized spacial score (nSPS) is 12.8. The van der Waals surface area contributed by atoms with Gasteiger partial charge >= 0.3 is 6.61 Å². The van der Waals surface area contributed by atoms with Gasteiger partial charge in [-0.25, -0.2) is 4.39 Å². The first-order chi connectivity index (χ1) is 15.0. The number of rotatable bonds is 9. The fourth-order valence-corrected chi connectivity index (χ4v) is 4.27. The summed E-state index contributed by atoms with van der Waals surface area (Å²) >= 11 is 0. The van der Waals surface area contributed by atoms with Gasteiger partial charge < -0.3 is 9.64 Å². The van der Waals surface area contributed by atoms with Gasteiger partial charge in [-0.2, -0.15) is 13.1 Å². The van der Waals surface area contributed by atoms with E-state index in [-0.39, 0.29) is 24.3 Å². The smallest absolute Gasteiger partial charge is 0.387 e. The van der Waals surface area contributed by atoms with Crippen LogP contribution >= 0.6 is 0 Å². The van der Waals surface area contributed by atoms with E-state index in [0.29, 0.717) is 16.0 Å². The maximum absolute atomic E-state index is 14.8. The first kappa shape index (κ1) is 26.0. The predicted octanol–water partition coefficient (Wildman–Crippen LogP) is 4.98. The summed E-state index contributed by atoms with van der Waals surface area (Å²) in [6.07, 6.45) is 0.0538. The zero-order valence-electron chi connectivity index (χ0n) is 19.0. The standard InChI is InChI=1S/C23H30F3N3O2S/c1-6-17-19(18(14(2)3)11-20(22(17)24)31-23(25)26)12-21(30)28-32(27)16-9-7-15(8-10-16)13-29(4)5/h7-11,14,23H,6,12-13H2,1-5H3,(H2,27,28,30). The second-order valence-electron chi connectivity index (χ2n) is 7.98. The maximum atomic E-state index is 14.8. The number of ether oxygens (including phenoxy) is 1. The molecule has 0 aromatic heterocycles. The maximum Gasteiger partial charge on any atom is 0.387 e. The van der Waals surface area contributed by atoms with Crippen LogP contribution in [0.4, 0.5) is 13.2 Å². The molecular formula is C23H30F3N3O2S. The second-order valence-corrected chi connectivity index (χ2v) is 9.26. The van der Waals surface area contributed by atoms with Crippen LogP contribution in [0.1, 0.15) is 48.9 Å². The first-order valence-electron chi connectivity index (χ1n) is 10.3. The number of nitrogens with two attached hydrogens (primary N) is 1. The molecule has 9 heteroatoms. The quantitative estimate of drug-likeness (QED) is 0.563. The Morgan fingerprint density at radius 1 is 1.19 bits per heavy atom. The monoisotopic (exact) mass is 469 g/mol. The van der Waals surface area contributed by atoms with Crippen LogP contribution in [-0.2, 0) is 35.1 Å².